The van der Waals surface area contributed by atoms with Gasteiger partial charge in [-0.3, -0.25) is 14.9 Å². The van der Waals surface area contributed by atoms with Gasteiger partial charge in [0.2, 0.25) is 6.10 Å². The molecule has 1 aliphatic rings. The molecule has 1 heterocycles. The summed E-state index contributed by atoms with van der Waals surface area (Å²) >= 11 is 0. The van der Waals surface area contributed by atoms with Gasteiger partial charge in [-0.15, -0.1) is 0 Å². The molecule has 8 nitrogen and oxygen atoms in total. The van der Waals surface area contributed by atoms with Crippen molar-refractivity contribution in [2.45, 2.75) is 19.1 Å². The molecule has 0 saturated carbocycles. The first kappa shape index (κ1) is 19.2. The van der Waals surface area contributed by atoms with E-state index in [9.17, 15) is 14.4 Å². The van der Waals surface area contributed by atoms with E-state index >= 15 is 0 Å². The van der Waals surface area contributed by atoms with Crippen LogP contribution in [0.15, 0.2) is 48.5 Å². The molecule has 8 heteroatoms. The van der Waals surface area contributed by atoms with E-state index in [-0.39, 0.29) is 5.56 Å². The Labute approximate surface area is 161 Å². The highest BCUT2D eigenvalue weighted by molar-refractivity contribution is 6.05. The van der Waals surface area contributed by atoms with Crippen LogP contribution < -0.4 is 19.5 Å². The van der Waals surface area contributed by atoms with Gasteiger partial charge in [-0.05, 0) is 43.3 Å². The van der Waals surface area contributed by atoms with Gasteiger partial charge in [0.1, 0.15) is 11.9 Å². The van der Waals surface area contributed by atoms with Crippen molar-refractivity contribution in [2.24, 2.45) is 0 Å². The molecule has 2 aromatic carbocycles. The van der Waals surface area contributed by atoms with Crippen molar-refractivity contribution >= 4 is 17.8 Å². The van der Waals surface area contributed by atoms with Gasteiger partial charge in [0.05, 0.1) is 7.11 Å². The maximum atomic E-state index is 12.2. The molecule has 0 bridgehead atoms. The molecule has 0 spiro atoms. The van der Waals surface area contributed by atoms with Gasteiger partial charge in [-0.25, -0.2) is 4.79 Å². The molecule has 2 unspecified atom stereocenters. The second-order valence-electron chi connectivity index (χ2n) is 6.02. The predicted molar refractivity (Wildman–Crippen MR) is 97.4 cm³/mol. The zero-order valence-electron chi connectivity index (χ0n) is 15.3. The summed E-state index contributed by atoms with van der Waals surface area (Å²) in [6.45, 7) is 1.05. The summed E-state index contributed by atoms with van der Waals surface area (Å²) in [7, 11) is 1.51. The average molecular weight is 385 g/mol. The molecule has 1 aliphatic heterocycles. The van der Waals surface area contributed by atoms with Crippen molar-refractivity contribution < 1.29 is 33.3 Å². The molecule has 3 rings (SSSR count). The van der Waals surface area contributed by atoms with E-state index in [1.54, 1.807) is 43.3 Å². The van der Waals surface area contributed by atoms with Gasteiger partial charge in [0.25, 0.3) is 11.8 Å². The number of para-hydroxylation sites is 2. The summed E-state index contributed by atoms with van der Waals surface area (Å²) in [6, 6.07) is 13.2. The van der Waals surface area contributed by atoms with Crippen LogP contribution >= 0.6 is 0 Å². The maximum Gasteiger partial charge on any atom is 0.351 e. The standard InChI is InChI=1S/C20H19NO7/c1-12-18(28-16-6-4-3-5-15(16)27-12)20(24)26-11-17(22)21-19(23)13-7-9-14(25-2)10-8-13/h3-10,12,18H,11H2,1-2H3,(H,21,22,23). The molecule has 0 saturated heterocycles. The number of ether oxygens (including phenoxy) is 4. The Kier molecular flexibility index (Phi) is 5.78. The summed E-state index contributed by atoms with van der Waals surface area (Å²) in [4.78, 5) is 36.2. The first-order chi connectivity index (χ1) is 13.5. The number of esters is 1. The third kappa shape index (κ3) is 4.40. The van der Waals surface area contributed by atoms with E-state index in [1.807, 2.05) is 0 Å². The van der Waals surface area contributed by atoms with Crippen LogP contribution in [0.25, 0.3) is 0 Å². The number of rotatable bonds is 5. The number of hydrogen-bond acceptors (Lipinski definition) is 7. The maximum absolute atomic E-state index is 12.2. The lowest BCUT2D eigenvalue weighted by molar-refractivity contribution is -0.160. The van der Waals surface area contributed by atoms with Crippen LogP contribution in [-0.4, -0.2) is 43.7 Å². The van der Waals surface area contributed by atoms with Crippen molar-refractivity contribution in [3.63, 3.8) is 0 Å². The second-order valence-corrected chi connectivity index (χ2v) is 6.02. The molecule has 2 aromatic rings. The zero-order valence-corrected chi connectivity index (χ0v) is 15.3. The van der Waals surface area contributed by atoms with E-state index < -0.39 is 36.6 Å². The molecular formula is C20H19NO7. The monoisotopic (exact) mass is 385 g/mol. The highest BCUT2D eigenvalue weighted by atomic mass is 16.6. The predicted octanol–water partition coefficient (Wildman–Crippen LogP) is 1.72. The highest BCUT2D eigenvalue weighted by Gasteiger charge is 2.35. The molecule has 0 aliphatic carbocycles. The second kappa shape index (κ2) is 8.43. The summed E-state index contributed by atoms with van der Waals surface area (Å²) in [5.74, 6) is -0.581. The van der Waals surface area contributed by atoms with E-state index in [4.69, 9.17) is 18.9 Å². The molecule has 28 heavy (non-hydrogen) atoms. The van der Waals surface area contributed by atoms with Crippen molar-refractivity contribution in [3.8, 4) is 17.2 Å². The molecule has 2 atom stereocenters. The smallest absolute Gasteiger partial charge is 0.351 e. The Morgan fingerprint density at radius 3 is 2.29 bits per heavy atom. The van der Waals surface area contributed by atoms with Crippen molar-refractivity contribution in [1.29, 1.82) is 0 Å². The van der Waals surface area contributed by atoms with Gasteiger partial charge in [0.15, 0.2) is 18.1 Å². The molecule has 2 amide bonds. The molecule has 1 N–H and O–H groups in total. The first-order valence-corrected chi connectivity index (χ1v) is 8.55. The van der Waals surface area contributed by atoms with Crippen molar-refractivity contribution in [1.82, 2.24) is 5.32 Å². The molecular weight excluding hydrogens is 366 g/mol. The van der Waals surface area contributed by atoms with E-state index in [0.29, 0.717) is 17.2 Å². The number of hydrogen-bond donors (Lipinski definition) is 1. The number of fused-ring (bicyclic) bond motifs is 1. The fourth-order valence-corrected chi connectivity index (χ4v) is 2.58. The fourth-order valence-electron chi connectivity index (χ4n) is 2.58. The molecule has 0 fully saturated rings. The molecule has 0 aromatic heterocycles. The Balaban J connectivity index is 1.51. The van der Waals surface area contributed by atoms with Crippen LogP contribution in [0.2, 0.25) is 0 Å². The van der Waals surface area contributed by atoms with Crippen LogP contribution in [0, 0.1) is 0 Å². The fraction of sp³-hybridized carbons (Fsp3) is 0.250. The van der Waals surface area contributed by atoms with Gasteiger partial charge in [0, 0.05) is 5.56 Å². The number of amides is 2. The lowest BCUT2D eigenvalue weighted by atomic mass is 10.2. The summed E-state index contributed by atoms with van der Waals surface area (Å²) in [5, 5.41) is 2.15. The number of benzene rings is 2. The minimum absolute atomic E-state index is 0.273. The van der Waals surface area contributed by atoms with E-state index in [0.717, 1.165) is 0 Å². The quantitative estimate of drug-likeness (QED) is 0.782. The minimum atomic E-state index is -1.01. The summed E-state index contributed by atoms with van der Waals surface area (Å²) in [5.41, 5.74) is 0.273. The number of nitrogens with one attached hydrogen (secondary N) is 1. The van der Waals surface area contributed by atoms with Crippen LogP contribution in [0.3, 0.4) is 0 Å². The van der Waals surface area contributed by atoms with E-state index in [1.165, 1.54) is 19.2 Å². The Morgan fingerprint density at radius 2 is 1.64 bits per heavy atom. The van der Waals surface area contributed by atoms with Crippen LogP contribution in [0.5, 0.6) is 17.2 Å². The third-order valence-electron chi connectivity index (χ3n) is 4.03. The number of methoxy groups -OCH3 is 1. The lowest BCUT2D eigenvalue weighted by Crippen LogP contribution is -2.45. The molecule has 0 radical (unpaired) electrons. The van der Waals surface area contributed by atoms with Crippen molar-refractivity contribution in [2.75, 3.05) is 13.7 Å². The Bertz CT molecular complexity index is 878. The first-order valence-electron chi connectivity index (χ1n) is 8.55. The summed E-state index contributed by atoms with van der Waals surface area (Å²) < 4.78 is 21.2. The van der Waals surface area contributed by atoms with Crippen LogP contribution in [-0.2, 0) is 14.3 Å². The van der Waals surface area contributed by atoms with Crippen LogP contribution in [0.1, 0.15) is 17.3 Å². The SMILES string of the molecule is COc1ccc(C(=O)NC(=O)COC(=O)C2Oc3ccccc3OC2C)cc1. The zero-order chi connectivity index (χ0) is 20.1. The van der Waals surface area contributed by atoms with Gasteiger partial charge >= 0.3 is 5.97 Å². The average Bonchev–Trinajstić information content (AvgIpc) is 2.71. The Hall–Kier alpha value is -3.55. The van der Waals surface area contributed by atoms with Gasteiger partial charge in [-0.1, -0.05) is 12.1 Å². The highest BCUT2D eigenvalue weighted by Crippen LogP contribution is 2.33. The molecule has 146 valence electrons. The van der Waals surface area contributed by atoms with Crippen molar-refractivity contribution in [3.05, 3.63) is 54.1 Å². The number of carbonyl (C=O) groups is 3. The normalized spacial score (nSPS) is 17.4. The van der Waals surface area contributed by atoms with Crippen LogP contribution in [0.4, 0.5) is 0 Å². The Morgan fingerprint density at radius 1 is 1.00 bits per heavy atom. The van der Waals surface area contributed by atoms with Gasteiger partial charge in [-0.2, -0.15) is 0 Å². The number of imide groups is 1. The largest absolute Gasteiger partial charge is 0.497 e. The number of carbonyl (C=O) groups excluding carboxylic acids is 3. The summed E-state index contributed by atoms with van der Waals surface area (Å²) in [6.07, 6.45) is -1.61. The minimum Gasteiger partial charge on any atom is -0.497 e. The third-order valence-corrected chi connectivity index (χ3v) is 4.03. The van der Waals surface area contributed by atoms with E-state index in [2.05, 4.69) is 5.32 Å². The lowest BCUT2D eigenvalue weighted by Gasteiger charge is -2.30. The van der Waals surface area contributed by atoms with Gasteiger partial charge < -0.3 is 18.9 Å². The topological polar surface area (TPSA) is 100 Å².